The maximum Gasteiger partial charge on any atom is 0.387 e. The van der Waals surface area contributed by atoms with E-state index < -0.39 is 23.9 Å². The fourth-order valence-corrected chi connectivity index (χ4v) is 1.78. The normalized spacial score (nSPS) is 15.8. The van der Waals surface area contributed by atoms with Crippen molar-refractivity contribution in [2.75, 3.05) is 6.54 Å². The molecule has 108 valence electrons. The van der Waals surface area contributed by atoms with Gasteiger partial charge in [-0.3, -0.25) is 9.59 Å². The van der Waals surface area contributed by atoms with Crippen molar-refractivity contribution < 1.29 is 28.2 Å². The summed E-state index contributed by atoms with van der Waals surface area (Å²) in [5, 5.41) is 11.5. The van der Waals surface area contributed by atoms with E-state index in [9.17, 15) is 18.4 Å². The molecule has 5 nitrogen and oxygen atoms in total. The van der Waals surface area contributed by atoms with Gasteiger partial charge in [-0.1, -0.05) is 6.07 Å². The quantitative estimate of drug-likeness (QED) is 0.836. The van der Waals surface area contributed by atoms with Gasteiger partial charge in [0.15, 0.2) is 0 Å². The Balaban J connectivity index is 1.97. The molecule has 0 aromatic heterocycles. The van der Waals surface area contributed by atoms with Gasteiger partial charge in [-0.2, -0.15) is 8.78 Å². The number of nitrogens with one attached hydrogen (secondary N) is 1. The number of rotatable bonds is 6. The summed E-state index contributed by atoms with van der Waals surface area (Å²) in [5.41, 5.74) is -0.725. The molecule has 0 heterocycles. The van der Waals surface area contributed by atoms with Gasteiger partial charge in [-0.05, 0) is 31.0 Å². The third-order valence-electron chi connectivity index (χ3n) is 3.22. The molecule has 0 bridgehead atoms. The summed E-state index contributed by atoms with van der Waals surface area (Å²) in [7, 11) is 0. The van der Waals surface area contributed by atoms with E-state index in [1.54, 1.807) is 0 Å². The lowest BCUT2D eigenvalue weighted by Crippen LogP contribution is -2.34. The summed E-state index contributed by atoms with van der Waals surface area (Å²) in [6.45, 7) is -2.93. The van der Waals surface area contributed by atoms with Crippen LogP contribution < -0.4 is 10.1 Å². The molecule has 1 amide bonds. The minimum Gasteiger partial charge on any atom is -0.481 e. The van der Waals surface area contributed by atoms with Gasteiger partial charge in [0.1, 0.15) is 5.75 Å². The fraction of sp³-hybridized carbons (Fsp3) is 0.385. The molecule has 1 aromatic carbocycles. The van der Waals surface area contributed by atoms with Crippen LogP contribution in [0.3, 0.4) is 0 Å². The lowest BCUT2D eigenvalue weighted by atomic mass is 10.1. The van der Waals surface area contributed by atoms with Gasteiger partial charge in [0, 0.05) is 12.1 Å². The Kier molecular flexibility index (Phi) is 3.87. The van der Waals surface area contributed by atoms with Crippen LogP contribution in [0, 0.1) is 5.41 Å². The van der Waals surface area contributed by atoms with Crippen molar-refractivity contribution in [3.05, 3.63) is 29.8 Å². The first-order valence-corrected chi connectivity index (χ1v) is 5.99. The van der Waals surface area contributed by atoms with Crippen LogP contribution in [-0.4, -0.2) is 30.1 Å². The van der Waals surface area contributed by atoms with Crippen molar-refractivity contribution in [1.29, 1.82) is 0 Å². The number of carbonyl (C=O) groups excluding carboxylic acids is 1. The number of halogens is 2. The predicted octanol–water partition coefficient (Wildman–Crippen LogP) is 1.88. The van der Waals surface area contributed by atoms with Crippen LogP contribution in [0.5, 0.6) is 5.75 Å². The summed E-state index contributed by atoms with van der Waals surface area (Å²) < 4.78 is 28.3. The Labute approximate surface area is 113 Å². The topological polar surface area (TPSA) is 75.6 Å². The van der Waals surface area contributed by atoms with Crippen LogP contribution in [0.4, 0.5) is 8.78 Å². The number of carboxylic acids is 1. The molecule has 2 N–H and O–H groups in total. The van der Waals surface area contributed by atoms with Gasteiger partial charge in [-0.25, -0.2) is 0 Å². The smallest absolute Gasteiger partial charge is 0.387 e. The lowest BCUT2D eigenvalue weighted by Gasteiger charge is -2.11. The van der Waals surface area contributed by atoms with Crippen molar-refractivity contribution in [3.8, 4) is 5.75 Å². The SMILES string of the molecule is O=C(NCC1(C(=O)O)CC1)c1cccc(OC(F)F)c1. The zero-order valence-corrected chi connectivity index (χ0v) is 10.4. The molecular weight excluding hydrogens is 272 g/mol. The third-order valence-corrected chi connectivity index (χ3v) is 3.22. The highest BCUT2D eigenvalue weighted by atomic mass is 19.3. The zero-order valence-electron chi connectivity index (χ0n) is 10.4. The number of carboxylic acid groups (broad SMARTS) is 1. The molecule has 0 aliphatic heterocycles. The molecule has 1 aliphatic carbocycles. The van der Waals surface area contributed by atoms with Crippen LogP contribution in [0.25, 0.3) is 0 Å². The highest BCUT2D eigenvalue weighted by Crippen LogP contribution is 2.45. The Bertz CT molecular complexity index is 529. The van der Waals surface area contributed by atoms with Crippen LogP contribution in [-0.2, 0) is 4.79 Å². The fourth-order valence-electron chi connectivity index (χ4n) is 1.78. The van der Waals surface area contributed by atoms with Crippen LogP contribution >= 0.6 is 0 Å². The summed E-state index contributed by atoms with van der Waals surface area (Å²) in [5.74, 6) is -1.57. The first kappa shape index (κ1) is 14.2. The van der Waals surface area contributed by atoms with E-state index in [0.717, 1.165) is 0 Å². The van der Waals surface area contributed by atoms with Crippen molar-refractivity contribution in [2.45, 2.75) is 19.5 Å². The van der Waals surface area contributed by atoms with Gasteiger partial charge < -0.3 is 15.2 Å². The molecule has 1 fully saturated rings. The number of hydrogen-bond acceptors (Lipinski definition) is 3. The van der Waals surface area contributed by atoms with E-state index in [4.69, 9.17) is 5.11 Å². The van der Waals surface area contributed by atoms with Gasteiger partial charge in [0.25, 0.3) is 5.91 Å². The molecule has 0 spiro atoms. The zero-order chi connectivity index (χ0) is 14.8. The Morgan fingerprint density at radius 2 is 2.10 bits per heavy atom. The molecule has 0 radical (unpaired) electrons. The van der Waals surface area contributed by atoms with Gasteiger partial charge >= 0.3 is 12.6 Å². The summed E-state index contributed by atoms with van der Waals surface area (Å²) in [6.07, 6.45) is 1.05. The van der Waals surface area contributed by atoms with Crippen molar-refractivity contribution >= 4 is 11.9 Å². The number of benzene rings is 1. The molecule has 1 saturated carbocycles. The molecule has 7 heteroatoms. The number of carbonyl (C=O) groups is 2. The minimum atomic E-state index is -2.96. The Hall–Kier alpha value is -2.18. The number of hydrogen-bond donors (Lipinski definition) is 2. The molecule has 1 aliphatic rings. The van der Waals surface area contributed by atoms with Gasteiger partial charge in [-0.15, -0.1) is 0 Å². The van der Waals surface area contributed by atoms with Crippen molar-refractivity contribution in [3.63, 3.8) is 0 Å². The van der Waals surface area contributed by atoms with Crippen LogP contribution in [0.1, 0.15) is 23.2 Å². The van der Waals surface area contributed by atoms with Crippen LogP contribution in [0.2, 0.25) is 0 Å². The van der Waals surface area contributed by atoms with Gasteiger partial charge in [0.05, 0.1) is 5.41 Å². The van der Waals surface area contributed by atoms with Gasteiger partial charge in [0.2, 0.25) is 0 Å². The lowest BCUT2D eigenvalue weighted by molar-refractivity contribution is -0.143. The highest BCUT2D eigenvalue weighted by molar-refractivity contribution is 5.95. The summed E-state index contributed by atoms with van der Waals surface area (Å²) in [6, 6.07) is 5.34. The number of ether oxygens (including phenoxy) is 1. The number of amides is 1. The average Bonchev–Trinajstić information content (AvgIpc) is 3.16. The monoisotopic (exact) mass is 285 g/mol. The standard InChI is InChI=1S/C13H13F2NO4/c14-12(15)20-9-3-1-2-8(6-9)10(17)16-7-13(4-5-13)11(18)19/h1-3,6,12H,4-5,7H2,(H,16,17)(H,18,19). The summed E-state index contributed by atoms with van der Waals surface area (Å²) >= 11 is 0. The molecular formula is C13H13F2NO4. The minimum absolute atomic E-state index is 0.0289. The number of alkyl halides is 2. The first-order chi connectivity index (χ1) is 9.43. The maximum absolute atomic E-state index is 12.1. The Morgan fingerprint density at radius 1 is 1.40 bits per heavy atom. The van der Waals surface area contributed by atoms with E-state index in [0.29, 0.717) is 12.8 Å². The third kappa shape index (κ3) is 3.23. The second kappa shape index (κ2) is 5.44. The van der Waals surface area contributed by atoms with E-state index in [1.165, 1.54) is 24.3 Å². The van der Waals surface area contributed by atoms with E-state index in [1.807, 2.05) is 0 Å². The highest BCUT2D eigenvalue weighted by Gasteiger charge is 2.50. The maximum atomic E-state index is 12.1. The second-order valence-corrected chi connectivity index (χ2v) is 4.67. The average molecular weight is 285 g/mol. The Morgan fingerprint density at radius 3 is 2.65 bits per heavy atom. The largest absolute Gasteiger partial charge is 0.481 e. The summed E-state index contributed by atoms with van der Waals surface area (Å²) in [4.78, 5) is 22.8. The second-order valence-electron chi connectivity index (χ2n) is 4.67. The van der Waals surface area contributed by atoms with E-state index in [-0.39, 0.29) is 17.9 Å². The molecule has 1 aromatic rings. The molecule has 2 rings (SSSR count). The van der Waals surface area contributed by atoms with E-state index in [2.05, 4.69) is 10.1 Å². The van der Waals surface area contributed by atoms with Crippen LogP contribution in [0.15, 0.2) is 24.3 Å². The molecule has 0 atom stereocenters. The number of aliphatic carboxylic acids is 1. The van der Waals surface area contributed by atoms with E-state index >= 15 is 0 Å². The predicted molar refractivity (Wildman–Crippen MR) is 64.7 cm³/mol. The molecule has 0 unspecified atom stereocenters. The molecule has 0 saturated heterocycles. The van der Waals surface area contributed by atoms with Crippen molar-refractivity contribution in [1.82, 2.24) is 5.32 Å². The van der Waals surface area contributed by atoms with Crippen molar-refractivity contribution in [2.24, 2.45) is 5.41 Å². The molecule has 20 heavy (non-hydrogen) atoms. The first-order valence-electron chi connectivity index (χ1n) is 5.99.